The van der Waals surface area contributed by atoms with Gasteiger partial charge in [-0.25, -0.2) is 0 Å². The van der Waals surface area contributed by atoms with E-state index in [-0.39, 0.29) is 0 Å². The van der Waals surface area contributed by atoms with Crippen molar-refractivity contribution in [2.75, 3.05) is 0 Å². The summed E-state index contributed by atoms with van der Waals surface area (Å²) in [5.41, 5.74) is 2.31. The number of fused-ring (bicyclic) bond motifs is 1. The SMILES string of the molecule is C=Cc1cc2sccc2[nH]1. The molecule has 10 heavy (non-hydrogen) atoms. The fraction of sp³-hybridized carbons (Fsp3) is 0. The van der Waals surface area contributed by atoms with E-state index in [1.54, 1.807) is 11.3 Å². The van der Waals surface area contributed by atoms with Crippen LogP contribution >= 0.6 is 11.3 Å². The summed E-state index contributed by atoms with van der Waals surface area (Å²) in [5.74, 6) is 0. The summed E-state index contributed by atoms with van der Waals surface area (Å²) in [4.78, 5) is 3.22. The first-order valence-electron chi connectivity index (χ1n) is 3.09. The molecule has 0 amide bonds. The molecule has 1 nitrogen and oxygen atoms in total. The first-order valence-corrected chi connectivity index (χ1v) is 3.97. The number of thiophene rings is 1. The molecule has 0 saturated carbocycles. The van der Waals surface area contributed by atoms with Crippen LogP contribution in [0.5, 0.6) is 0 Å². The number of hydrogen-bond donors (Lipinski definition) is 1. The maximum absolute atomic E-state index is 3.68. The van der Waals surface area contributed by atoms with Crippen LogP contribution < -0.4 is 0 Å². The van der Waals surface area contributed by atoms with E-state index in [4.69, 9.17) is 0 Å². The van der Waals surface area contributed by atoms with Crippen LogP contribution in [0.2, 0.25) is 0 Å². The standard InChI is InChI=1S/C8H7NS/c1-2-6-5-8-7(9-6)3-4-10-8/h2-5,9H,1H2. The van der Waals surface area contributed by atoms with Gasteiger partial charge < -0.3 is 4.98 Å². The number of hydrogen-bond acceptors (Lipinski definition) is 1. The third-order valence-corrected chi connectivity index (χ3v) is 2.34. The van der Waals surface area contributed by atoms with Gasteiger partial charge in [-0.15, -0.1) is 11.3 Å². The Balaban J connectivity index is 2.78. The van der Waals surface area contributed by atoms with Gasteiger partial charge in [0, 0.05) is 5.69 Å². The average molecular weight is 149 g/mol. The van der Waals surface area contributed by atoms with Crippen LogP contribution in [-0.2, 0) is 0 Å². The normalized spacial score (nSPS) is 10.4. The Bertz CT molecular complexity index is 327. The highest BCUT2D eigenvalue weighted by Crippen LogP contribution is 2.21. The van der Waals surface area contributed by atoms with Gasteiger partial charge in [-0.1, -0.05) is 6.58 Å². The fourth-order valence-corrected chi connectivity index (χ4v) is 1.77. The first-order chi connectivity index (χ1) is 4.90. The van der Waals surface area contributed by atoms with E-state index in [0.717, 1.165) is 5.69 Å². The van der Waals surface area contributed by atoms with Crippen LogP contribution in [0.4, 0.5) is 0 Å². The van der Waals surface area contributed by atoms with Crippen molar-refractivity contribution in [2.24, 2.45) is 0 Å². The molecule has 2 heterocycles. The molecule has 0 saturated heterocycles. The molecule has 2 aromatic heterocycles. The summed E-state index contributed by atoms with van der Waals surface area (Å²) in [6, 6.07) is 4.18. The predicted molar refractivity (Wildman–Crippen MR) is 46.3 cm³/mol. The van der Waals surface area contributed by atoms with E-state index < -0.39 is 0 Å². The minimum absolute atomic E-state index is 1.10. The van der Waals surface area contributed by atoms with Crippen molar-refractivity contribution in [3.8, 4) is 0 Å². The van der Waals surface area contributed by atoms with E-state index in [9.17, 15) is 0 Å². The van der Waals surface area contributed by atoms with Gasteiger partial charge in [0.15, 0.2) is 0 Å². The lowest BCUT2D eigenvalue weighted by molar-refractivity contribution is 1.44. The zero-order chi connectivity index (χ0) is 6.97. The maximum atomic E-state index is 3.68. The Kier molecular flexibility index (Phi) is 1.14. The second-order valence-electron chi connectivity index (χ2n) is 2.13. The molecule has 2 rings (SSSR count). The summed E-state index contributed by atoms with van der Waals surface area (Å²) < 4.78 is 1.30. The molecular formula is C8H7NS. The summed E-state index contributed by atoms with van der Waals surface area (Å²) in [6.07, 6.45) is 1.83. The molecule has 0 fully saturated rings. The first kappa shape index (κ1) is 5.74. The van der Waals surface area contributed by atoms with Crippen molar-refractivity contribution in [3.63, 3.8) is 0 Å². The topological polar surface area (TPSA) is 15.8 Å². The largest absolute Gasteiger partial charge is 0.354 e. The lowest BCUT2D eigenvalue weighted by Crippen LogP contribution is -1.64. The zero-order valence-electron chi connectivity index (χ0n) is 5.42. The van der Waals surface area contributed by atoms with E-state index in [1.807, 2.05) is 6.08 Å². The van der Waals surface area contributed by atoms with Crippen LogP contribution in [0.1, 0.15) is 5.69 Å². The fourth-order valence-electron chi connectivity index (χ4n) is 0.979. The molecule has 0 aliphatic heterocycles. The summed E-state index contributed by atoms with van der Waals surface area (Å²) in [5, 5.41) is 2.08. The maximum Gasteiger partial charge on any atom is 0.0568 e. The second kappa shape index (κ2) is 1.99. The van der Waals surface area contributed by atoms with E-state index in [2.05, 4.69) is 29.1 Å². The molecule has 50 valence electrons. The van der Waals surface area contributed by atoms with E-state index >= 15 is 0 Å². The van der Waals surface area contributed by atoms with Gasteiger partial charge in [0.05, 0.1) is 10.2 Å². The molecule has 0 aromatic carbocycles. The van der Waals surface area contributed by atoms with Crippen LogP contribution in [-0.4, -0.2) is 4.98 Å². The quantitative estimate of drug-likeness (QED) is 0.641. The number of aromatic nitrogens is 1. The summed E-state index contributed by atoms with van der Waals surface area (Å²) in [6.45, 7) is 3.68. The highest BCUT2D eigenvalue weighted by Gasteiger charge is 1.96. The molecule has 0 aliphatic rings. The third kappa shape index (κ3) is 0.693. The highest BCUT2D eigenvalue weighted by molar-refractivity contribution is 7.17. The molecule has 0 unspecified atom stereocenters. The highest BCUT2D eigenvalue weighted by atomic mass is 32.1. The number of nitrogens with one attached hydrogen (secondary N) is 1. The van der Waals surface area contributed by atoms with Crippen molar-refractivity contribution < 1.29 is 0 Å². The van der Waals surface area contributed by atoms with Crippen LogP contribution in [0.3, 0.4) is 0 Å². The molecule has 1 N–H and O–H groups in total. The van der Waals surface area contributed by atoms with Crippen molar-refractivity contribution >= 4 is 27.6 Å². The van der Waals surface area contributed by atoms with Gasteiger partial charge in [0.25, 0.3) is 0 Å². The Morgan fingerprint density at radius 2 is 2.50 bits per heavy atom. The summed E-state index contributed by atoms with van der Waals surface area (Å²) in [7, 11) is 0. The van der Waals surface area contributed by atoms with Gasteiger partial charge in [-0.2, -0.15) is 0 Å². The van der Waals surface area contributed by atoms with Gasteiger partial charge in [-0.05, 0) is 23.6 Å². The zero-order valence-corrected chi connectivity index (χ0v) is 6.24. The molecule has 0 atom stereocenters. The average Bonchev–Trinajstić information content (AvgIpc) is 2.42. The molecular weight excluding hydrogens is 142 g/mol. The smallest absolute Gasteiger partial charge is 0.0568 e. The Hall–Kier alpha value is -1.02. The Morgan fingerprint density at radius 1 is 1.60 bits per heavy atom. The van der Waals surface area contributed by atoms with E-state index in [1.165, 1.54) is 10.2 Å². The van der Waals surface area contributed by atoms with Crippen LogP contribution in [0, 0.1) is 0 Å². The minimum atomic E-state index is 1.10. The van der Waals surface area contributed by atoms with Gasteiger partial charge in [-0.3, -0.25) is 0 Å². The molecule has 0 bridgehead atoms. The third-order valence-electron chi connectivity index (χ3n) is 1.48. The molecule has 0 radical (unpaired) electrons. The van der Waals surface area contributed by atoms with Gasteiger partial charge in [0.2, 0.25) is 0 Å². The van der Waals surface area contributed by atoms with Crippen molar-refractivity contribution in [1.29, 1.82) is 0 Å². The molecule has 0 spiro atoms. The molecule has 2 aromatic rings. The minimum Gasteiger partial charge on any atom is -0.354 e. The second-order valence-corrected chi connectivity index (χ2v) is 3.08. The van der Waals surface area contributed by atoms with Crippen molar-refractivity contribution in [3.05, 3.63) is 29.8 Å². The van der Waals surface area contributed by atoms with E-state index in [0.29, 0.717) is 0 Å². The predicted octanol–water partition coefficient (Wildman–Crippen LogP) is 2.87. The van der Waals surface area contributed by atoms with Crippen molar-refractivity contribution in [1.82, 2.24) is 4.98 Å². The van der Waals surface area contributed by atoms with Crippen LogP contribution in [0.25, 0.3) is 16.3 Å². The molecule has 0 aliphatic carbocycles. The van der Waals surface area contributed by atoms with Crippen LogP contribution in [0.15, 0.2) is 24.1 Å². The number of H-pyrrole nitrogens is 1. The Labute approximate surface area is 63.0 Å². The van der Waals surface area contributed by atoms with Gasteiger partial charge >= 0.3 is 0 Å². The number of rotatable bonds is 1. The lowest BCUT2D eigenvalue weighted by atomic mass is 10.4. The number of aromatic amines is 1. The monoisotopic (exact) mass is 149 g/mol. The van der Waals surface area contributed by atoms with Crippen molar-refractivity contribution in [2.45, 2.75) is 0 Å². The summed E-state index contributed by atoms with van der Waals surface area (Å²) >= 11 is 1.74. The van der Waals surface area contributed by atoms with Gasteiger partial charge in [0.1, 0.15) is 0 Å². The lowest BCUT2D eigenvalue weighted by Gasteiger charge is -1.77. The molecule has 2 heteroatoms. The Morgan fingerprint density at radius 3 is 3.20 bits per heavy atom.